The van der Waals surface area contributed by atoms with E-state index in [0.717, 1.165) is 24.5 Å². The number of ether oxygens (including phenoxy) is 1. The van der Waals surface area contributed by atoms with E-state index in [4.69, 9.17) is 23.4 Å². The fraction of sp³-hybridized carbons (Fsp3) is 0.538. The highest BCUT2D eigenvalue weighted by atomic mass is 32.2. The van der Waals surface area contributed by atoms with E-state index in [-0.39, 0.29) is 0 Å². The molecule has 1 aromatic rings. The Morgan fingerprint density at radius 1 is 1.16 bits per heavy atom. The maximum atomic E-state index is 9.08. The molecule has 0 amide bonds. The van der Waals surface area contributed by atoms with Crippen LogP contribution in [0.3, 0.4) is 0 Å². The van der Waals surface area contributed by atoms with Crippen LogP contribution in [0.15, 0.2) is 24.3 Å². The predicted octanol–water partition coefficient (Wildman–Crippen LogP) is 2.39. The molecule has 0 saturated heterocycles. The first-order valence-electron chi connectivity index (χ1n) is 6.22. The summed E-state index contributed by atoms with van der Waals surface area (Å²) in [5.74, 6) is 0.913. The molecule has 0 fully saturated rings. The minimum absolute atomic E-state index is 0.604. The first kappa shape index (κ1) is 17.7. The lowest BCUT2D eigenvalue weighted by atomic mass is 10.2. The zero-order valence-corrected chi connectivity index (χ0v) is 12.3. The van der Waals surface area contributed by atoms with Crippen LogP contribution in [0.25, 0.3) is 0 Å². The van der Waals surface area contributed by atoms with Gasteiger partial charge in [0.05, 0.1) is 16.7 Å². The summed E-state index contributed by atoms with van der Waals surface area (Å²) >= 11 is 0. The quantitative estimate of drug-likeness (QED) is 0.493. The van der Waals surface area contributed by atoms with Crippen molar-refractivity contribution in [3.05, 3.63) is 24.3 Å². The van der Waals surface area contributed by atoms with Crippen LogP contribution in [-0.4, -0.2) is 25.8 Å². The lowest BCUT2D eigenvalue weighted by molar-refractivity contribution is 0.305. The van der Waals surface area contributed by atoms with Crippen molar-refractivity contribution >= 4 is 15.8 Å². The number of rotatable bonds is 6. The Morgan fingerprint density at radius 3 is 2.16 bits per heavy atom. The monoisotopic (exact) mass is 288 g/mol. The molecule has 0 atom stereocenters. The van der Waals surface area contributed by atoms with Crippen molar-refractivity contribution < 1.29 is 17.7 Å². The summed E-state index contributed by atoms with van der Waals surface area (Å²) < 4.78 is 32.8. The zero-order chi connectivity index (χ0) is 14.7. The van der Waals surface area contributed by atoms with Gasteiger partial charge in [-0.25, -0.2) is 8.42 Å². The molecule has 110 valence electrons. The number of unbranched alkanes of at least 4 members (excludes halogenated alkanes) is 3. The van der Waals surface area contributed by atoms with Gasteiger partial charge in [-0.05, 0) is 30.7 Å². The molecular formula is C13H22NO4S-. The minimum Gasteiger partial charge on any atom is -0.748 e. The molecular weight excluding hydrogens is 266 g/mol. The van der Waals surface area contributed by atoms with Crippen molar-refractivity contribution in [1.82, 2.24) is 0 Å². The van der Waals surface area contributed by atoms with Crippen LogP contribution < -0.4 is 10.5 Å². The molecule has 0 aliphatic heterocycles. The third-order valence-corrected chi connectivity index (χ3v) is 2.15. The molecule has 2 N–H and O–H groups in total. The molecule has 1 rings (SSSR count). The van der Waals surface area contributed by atoms with Crippen molar-refractivity contribution in [3.63, 3.8) is 0 Å². The summed E-state index contributed by atoms with van der Waals surface area (Å²) in [6.45, 7) is 3.02. The molecule has 5 nitrogen and oxygen atoms in total. The lowest BCUT2D eigenvalue weighted by Gasteiger charge is -2.05. The van der Waals surface area contributed by atoms with Crippen molar-refractivity contribution in [1.29, 1.82) is 0 Å². The van der Waals surface area contributed by atoms with Crippen LogP contribution in [0.2, 0.25) is 0 Å². The molecule has 0 heterocycles. The second-order valence-electron chi connectivity index (χ2n) is 4.18. The van der Waals surface area contributed by atoms with Gasteiger partial charge < -0.3 is 15.0 Å². The van der Waals surface area contributed by atoms with E-state index < -0.39 is 10.1 Å². The van der Waals surface area contributed by atoms with Crippen molar-refractivity contribution in [2.45, 2.75) is 32.6 Å². The average molecular weight is 288 g/mol. The summed E-state index contributed by atoms with van der Waals surface area (Å²) in [5.41, 5.74) is 6.35. The van der Waals surface area contributed by atoms with Gasteiger partial charge in [-0.3, -0.25) is 0 Å². The van der Waals surface area contributed by atoms with Crippen LogP contribution in [0, 0.1) is 0 Å². The Bertz CT molecular complexity index is 420. The van der Waals surface area contributed by atoms with E-state index in [1.807, 2.05) is 24.3 Å². The molecule has 0 aliphatic carbocycles. The molecule has 0 unspecified atom stereocenters. The third-order valence-electron chi connectivity index (χ3n) is 2.15. The van der Waals surface area contributed by atoms with Crippen molar-refractivity contribution in [2.75, 3.05) is 18.6 Å². The average Bonchev–Trinajstić information content (AvgIpc) is 2.29. The van der Waals surface area contributed by atoms with Gasteiger partial charge in [0, 0.05) is 11.9 Å². The molecule has 6 heteroatoms. The van der Waals surface area contributed by atoms with Crippen LogP contribution in [0.5, 0.6) is 5.75 Å². The largest absolute Gasteiger partial charge is 0.748 e. The Morgan fingerprint density at radius 2 is 1.68 bits per heavy atom. The smallest absolute Gasteiger partial charge is 0.119 e. The molecule has 0 saturated carbocycles. The van der Waals surface area contributed by atoms with E-state index in [0.29, 0.717) is 6.26 Å². The molecule has 0 bridgehead atoms. The Kier molecular flexibility index (Phi) is 8.99. The Balaban J connectivity index is 0.000000555. The van der Waals surface area contributed by atoms with Crippen LogP contribution in [0.1, 0.15) is 32.6 Å². The van der Waals surface area contributed by atoms with Gasteiger partial charge in [-0.15, -0.1) is 0 Å². The SMILES string of the molecule is CCCCCCOc1ccc(N)cc1.CS(=O)(=O)[O-]. The second-order valence-corrected chi connectivity index (χ2v) is 5.59. The highest BCUT2D eigenvalue weighted by Crippen LogP contribution is 2.13. The van der Waals surface area contributed by atoms with Gasteiger partial charge in [-0.2, -0.15) is 0 Å². The number of benzene rings is 1. The van der Waals surface area contributed by atoms with Crippen LogP contribution in [0.4, 0.5) is 5.69 Å². The molecule has 0 spiro atoms. The first-order chi connectivity index (χ1) is 8.83. The van der Waals surface area contributed by atoms with E-state index in [2.05, 4.69) is 6.92 Å². The van der Waals surface area contributed by atoms with Crippen molar-refractivity contribution in [2.24, 2.45) is 0 Å². The number of hydrogen-bond acceptors (Lipinski definition) is 5. The van der Waals surface area contributed by atoms with Gasteiger partial charge in [0.1, 0.15) is 5.75 Å². The van der Waals surface area contributed by atoms with Gasteiger partial charge in [-0.1, -0.05) is 26.2 Å². The number of hydrogen-bond donors (Lipinski definition) is 1. The number of nitrogen functional groups attached to an aromatic ring is 1. The number of anilines is 1. The Labute approximate surface area is 115 Å². The number of nitrogens with two attached hydrogens (primary N) is 1. The summed E-state index contributed by atoms with van der Waals surface area (Å²) in [6, 6.07) is 7.55. The van der Waals surface area contributed by atoms with Crippen LogP contribution in [-0.2, 0) is 10.1 Å². The van der Waals surface area contributed by atoms with Crippen LogP contribution >= 0.6 is 0 Å². The summed E-state index contributed by atoms with van der Waals surface area (Å²) in [4.78, 5) is 0. The fourth-order valence-electron chi connectivity index (χ4n) is 1.28. The summed E-state index contributed by atoms with van der Waals surface area (Å²) in [6.07, 6.45) is 5.56. The van der Waals surface area contributed by atoms with E-state index in [1.54, 1.807) is 0 Å². The molecule has 19 heavy (non-hydrogen) atoms. The molecule has 0 radical (unpaired) electrons. The Hall–Kier alpha value is -1.27. The summed E-state index contributed by atoms with van der Waals surface area (Å²) in [5, 5.41) is 0. The first-order valence-corrected chi connectivity index (χ1v) is 8.03. The highest BCUT2D eigenvalue weighted by Gasteiger charge is 1.92. The van der Waals surface area contributed by atoms with Gasteiger partial charge >= 0.3 is 0 Å². The van der Waals surface area contributed by atoms with E-state index in [1.165, 1.54) is 19.3 Å². The third kappa shape index (κ3) is 14.7. The zero-order valence-electron chi connectivity index (χ0n) is 11.5. The minimum atomic E-state index is -3.92. The maximum absolute atomic E-state index is 9.08. The van der Waals surface area contributed by atoms with Gasteiger partial charge in [0.2, 0.25) is 0 Å². The van der Waals surface area contributed by atoms with E-state index in [9.17, 15) is 0 Å². The normalized spacial score (nSPS) is 10.5. The second kappa shape index (κ2) is 9.63. The van der Waals surface area contributed by atoms with Gasteiger partial charge in [0.25, 0.3) is 0 Å². The molecule has 0 aromatic heterocycles. The standard InChI is InChI=1S/C12H19NO.CH4O3S/c1-2-3-4-5-10-14-12-8-6-11(13)7-9-12;1-5(2,3)4/h6-9H,2-5,10,13H2,1H3;1H3,(H,2,3,4)/p-1. The molecule has 0 aliphatic rings. The lowest BCUT2D eigenvalue weighted by Crippen LogP contribution is -1.97. The predicted molar refractivity (Wildman–Crippen MR) is 76.1 cm³/mol. The maximum Gasteiger partial charge on any atom is 0.119 e. The molecule has 1 aromatic carbocycles. The highest BCUT2D eigenvalue weighted by molar-refractivity contribution is 7.84. The summed E-state index contributed by atoms with van der Waals surface area (Å²) in [7, 11) is -3.92. The van der Waals surface area contributed by atoms with E-state index >= 15 is 0 Å². The van der Waals surface area contributed by atoms with Gasteiger partial charge in [0.15, 0.2) is 0 Å². The fourth-order valence-corrected chi connectivity index (χ4v) is 1.28. The van der Waals surface area contributed by atoms with Crippen molar-refractivity contribution in [3.8, 4) is 5.75 Å². The topological polar surface area (TPSA) is 92.5 Å².